The summed E-state index contributed by atoms with van der Waals surface area (Å²) in [5.41, 5.74) is 1.69. The number of halogens is 1. The van der Waals surface area contributed by atoms with Crippen LogP contribution in [0.5, 0.6) is 0 Å². The molecule has 1 heterocycles. The van der Waals surface area contributed by atoms with Crippen molar-refractivity contribution in [3.8, 4) is 0 Å². The second-order valence-electron chi connectivity index (χ2n) is 5.80. The van der Waals surface area contributed by atoms with E-state index in [1.54, 1.807) is 23.9 Å². The summed E-state index contributed by atoms with van der Waals surface area (Å²) in [4.78, 5) is 15.0. The second kappa shape index (κ2) is 6.29. The van der Waals surface area contributed by atoms with E-state index in [0.29, 0.717) is 6.54 Å². The fourth-order valence-corrected chi connectivity index (χ4v) is 4.40. The van der Waals surface area contributed by atoms with Crippen LogP contribution in [0.15, 0.2) is 66.7 Å². The third kappa shape index (κ3) is 2.67. The Morgan fingerprint density at radius 1 is 1.00 bits per heavy atom. The number of carbonyl (C=O) groups is 1. The molecule has 1 aliphatic rings. The molecule has 0 bridgehead atoms. The van der Waals surface area contributed by atoms with Gasteiger partial charge >= 0.3 is 0 Å². The van der Waals surface area contributed by atoms with Crippen molar-refractivity contribution in [3.63, 3.8) is 0 Å². The maximum absolute atomic E-state index is 13.2. The van der Waals surface area contributed by atoms with E-state index < -0.39 is 0 Å². The van der Waals surface area contributed by atoms with Gasteiger partial charge in [0.2, 0.25) is 0 Å². The Labute approximate surface area is 144 Å². The van der Waals surface area contributed by atoms with Gasteiger partial charge in [0.05, 0.1) is 0 Å². The highest BCUT2D eigenvalue weighted by atomic mass is 32.2. The molecule has 0 aromatic heterocycles. The van der Waals surface area contributed by atoms with Crippen LogP contribution < -0.4 is 0 Å². The first-order valence-corrected chi connectivity index (χ1v) is 8.95. The van der Waals surface area contributed by atoms with Gasteiger partial charge in [0.1, 0.15) is 11.2 Å². The van der Waals surface area contributed by atoms with Crippen molar-refractivity contribution in [2.45, 2.75) is 5.37 Å². The molecule has 1 aliphatic heterocycles. The summed E-state index contributed by atoms with van der Waals surface area (Å²) < 4.78 is 13.2. The van der Waals surface area contributed by atoms with Crippen molar-refractivity contribution in [1.82, 2.24) is 4.90 Å². The fourth-order valence-electron chi connectivity index (χ4n) is 3.15. The molecule has 0 saturated carbocycles. The lowest BCUT2D eigenvalue weighted by Crippen LogP contribution is -2.30. The first-order valence-electron chi connectivity index (χ1n) is 7.90. The lowest BCUT2D eigenvalue weighted by atomic mass is 10.0. The minimum absolute atomic E-state index is 0.0334. The van der Waals surface area contributed by atoms with Crippen LogP contribution in [0.1, 0.15) is 21.3 Å². The highest BCUT2D eigenvalue weighted by Crippen LogP contribution is 2.39. The Hall–Kier alpha value is -2.33. The molecule has 3 aromatic rings. The molecule has 2 nitrogen and oxygen atoms in total. The number of rotatable bonds is 2. The van der Waals surface area contributed by atoms with E-state index in [1.807, 2.05) is 47.4 Å². The molecule has 0 spiro atoms. The number of hydrogen-bond acceptors (Lipinski definition) is 2. The molecule has 24 heavy (non-hydrogen) atoms. The Bertz CT molecular complexity index is 888. The quantitative estimate of drug-likeness (QED) is 0.665. The van der Waals surface area contributed by atoms with Crippen LogP contribution >= 0.6 is 11.8 Å². The minimum atomic E-state index is -0.256. The largest absolute Gasteiger partial charge is 0.322 e. The topological polar surface area (TPSA) is 20.3 Å². The highest BCUT2D eigenvalue weighted by Gasteiger charge is 2.31. The van der Waals surface area contributed by atoms with Crippen LogP contribution in [-0.2, 0) is 0 Å². The number of nitrogens with zero attached hydrogens (tertiary/aromatic N) is 1. The Kier molecular flexibility index (Phi) is 3.98. The lowest BCUT2D eigenvalue weighted by molar-refractivity contribution is 0.0762. The molecular formula is C20H16FNOS. The monoisotopic (exact) mass is 337 g/mol. The molecular weight excluding hydrogens is 321 g/mol. The maximum atomic E-state index is 13.2. The molecule has 4 heteroatoms. The molecule has 4 rings (SSSR count). The van der Waals surface area contributed by atoms with Crippen molar-refractivity contribution in [2.75, 3.05) is 12.3 Å². The van der Waals surface area contributed by atoms with Gasteiger partial charge in [0.25, 0.3) is 5.91 Å². The molecule has 0 aliphatic carbocycles. The summed E-state index contributed by atoms with van der Waals surface area (Å²) in [7, 11) is 0. The van der Waals surface area contributed by atoms with E-state index in [4.69, 9.17) is 0 Å². The van der Waals surface area contributed by atoms with Crippen LogP contribution in [0, 0.1) is 5.82 Å². The van der Waals surface area contributed by atoms with Gasteiger partial charge in [-0.15, -0.1) is 11.8 Å². The summed E-state index contributed by atoms with van der Waals surface area (Å²) in [6.45, 7) is 0.703. The number of hydrogen-bond donors (Lipinski definition) is 0. The SMILES string of the molecule is O=C(c1cccc2ccccc12)N1CCS[C@H]1c1ccc(F)cc1. The number of carbonyl (C=O) groups excluding carboxylic acids is 1. The smallest absolute Gasteiger partial charge is 0.255 e. The Balaban J connectivity index is 1.71. The first kappa shape index (κ1) is 15.2. The zero-order chi connectivity index (χ0) is 16.5. The fraction of sp³-hybridized carbons (Fsp3) is 0.150. The Morgan fingerprint density at radius 3 is 2.58 bits per heavy atom. The van der Waals surface area contributed by atoms with E-state index in [9.17, 15) is 9.18 Å². The van der Waals surface area contributed by atoms with Gasteiger partial charge in [0.15, 0.2) is 0 Å². The van der Waals surface area contributed by atoms with Crippen LogP contribution in [0.3, 0.4) is 0 Å². The molecule has 1 amide bonds. The van der Waals surface area contributed by atoms with Gasteiger partial charge in [-0.1, -0.05) is 48.5 Å². The number of thioether (sulfide) groups is 1. The van der Waals surface area contributed by atoms with E-state index in [2.05, 4.69) is 0 Å². The third-order valence-corrected chi connectivity index (χ3v) is 5.59. The summed E-state index contributed by atoms with van der Waals surface area (Å²) >= 11 is 1.72. The summed E-state index contributed by atoms with van der Waals surface area (Å²) in [6.07, 6.45) is 0. The predicted octanol–water partition coefficient (Wildman–Crippen LogP) is 4.87. The standard InChI is InChI=1S/C20H16FNOS/c21-16-10-8-15(9-11-16)20-22(12-13-24-20)19(23)18-7-3-5-14-4-1-2-6-17(14)18/h1-11,20H,12-13H2/t20-/m0/s1. The van der Waals surface area contributed by atoms with E-state index >= 15 is 0 Å². The van der Waals surface area contributed by atoms with Crippen molar-refractivity contribution in [1.29, 1.82) is 0 Å². The van der Waals surface area contributed by atoms with Crippen molar-refractivity contribution in [3.05, 3.63) is 83.7 Å². The number of amides is 1. The van der Waals surface area contributed by atoms with Crippen LogP contribution in [0.4, 0.5) is 4.39 Å². The normalized spacial score (nSPS) is 17.4. The third-order valence-electron chi connectivity index (χ3n) is 4.33. The van der Waals surface area contributed by atoms with Crippen LogP contribution in [0.2, 0.25) is 0 Å². The molecule has 0 N–H and O–H groups in total. The van der Waals surface area contributed by atoms with E-state index in [-0.39, 0.29) is 17.1 Å². The zero-order valence-electron chi connectivity index (χ0n) is 13.0. The van der Waals surface area contributed by atoms with Gasteiger partial charge in [-0.05, 0) is 34.5 Å². The van der Waals surface area contributed by atoms with Gasteiger partial charge in [-0.25, -0.2) is 4.39 Å². The first-order chi connectivity index (χ1) is 11.7. The molecule has 3 aromatic carbocycles. The van der Waals surface area contributed by atoms with Crippen LogP contribution in [-0.4, -0.2) is 23.1 Å². The predicted molar refractivity (Wildman–Crippen MR) is 96.6 cm³/mol. The number of benzene rings is 3. The van der Waals surface area contributed by atoms with E-state index in [1.165, 1.54) is 12.1 Å². The highest BCUT2D eigenvalue weighted by molar-refractivity contribution is 7.99. The Morgan fingerprint density at radius 2 is 1.75 bits per heavy atom. The molecule has 1 atom stereocenters. The average Bonchev–Trinajstić information content (AvgIpc) is 3.11. The van der Waals surface area contributed by atoms with Gasteiger partial charge in [-0.3, -0.25) is 4.79 Å². The zero-order valence-corrected chi connectivity index (χ0v) is 13.8. The molecule has 1 saturated heterocycles. The van der Waals surface area contributed by atoms with Crippen LogP contribution in [0.25, 0.3) is 10.8 Å². The molecule has 0 unspecified atom stereocenters. The maximum Gasteiger partial charge on any atom is 0.255 e. The van der Waals surface area contributed by atoms with Gasteiger partial charge in [0, 0.05) is 17.9 Å². The summed E-state index contributed by atoms with van der Waals surface area (Å²) in [5, 5.41) is 1.98. The molecule has 1 fully saturated rings. The molecule has 0 radical (unpaired) electrons. The minimum Gasteiger partial charge on any atom is -0.322 e. The van der Waals surface area contributed by atoms with Crippen molar-refractivity contribution in [2.24, 2.45) is 0 Å². The average molecular weight is 337 g/mol. The molecule has 120 valence electrons. The summed E-state index contributed by atoms with van der Waals surface area (Å²) in [5.74, 6) is 0.665. The second-order valence-corrected chi connectivity index (χ2v) is 6.99. The van der Waals surface area contributed by atoms with Crippen molar-refractivity contribution >= 4 is 28.4 Å². The lowest BCUT2D eigenvalue weighted by Gasteiger charge is -2.24. The van der Waals surface area contributed by atoms with E-state index in [0.717, 1.165) is 27.7 Å². The summed E-state index contributed by atoms with van der Waals surface area (Å²) in [6, 6.07) is 20.2. The van der Waals surface area contributed by atoms with Gasteiger partial charge in [-0.2, -0.15) is 0 Å². The van der Waals surface area contributed by atoms with Crippen molar-refractivity contribution < 1.29 is 9.18 Å². The number of fused-ring (bicyclic) bond motifs is 1. The van der Waals surface area contributed by atoms with Gasteiger partial charge < -0.3 is 4.90 Å².